The second-order valence-corrected chi connectivity index (χ2v) is 3.78. The van der Waals surface area contributed by atoms with Gasteiger partial charge in [-0.2, -0.15) is 0 Å². The normalized spacial score (nSPS) is 15.8. The van der Waals surface area contributed by atoms with Crippen LogP contribution in [-0.2, 0) is 0 Å². The lowest BCUT2D eigenvalue weighted by Gasteiger charge is -2.12. The highest BCUT2D eigenvalue weighted by molar-refractivity contribution is 5.56. The molecule has 0 N–H and O–H groups in total. The molecule has 2 rings (SSSR count). The molecule has 68 valence electrons. The highest BCUT2D eigenvalue weighted by atomic mass is 14.1. The van der Waals surface area contributed by atoms with Gasteiger partial charge in [0.05, 0.1) is 0 Å². The Kier molecular flexibility index (Phi) is 2.22. The number of hydrogen-bond donors (Lipinski definition) is 0. The number of fused-ring (bicyclic) bond motifs is 1. The molecule has 0 saturated carbocycles. The number of rotatable bonds is 1. The van der Waals surface area contributed by atoms with E-state index in [9.17, 15) is 0 Å². The Balaban J connectivity index is 2.86. The number of hydrogen-bond acceptors (Lipinski definition) is 0. The van der Waals surface area contributed by atoms with Crippen LogP contribution in [0.25, 0.3) is 11.1 Å². The van der Waals surface area contributed by atoms with E-state index in [1.54, 1.807) is 11.1 Å². The fraction of sp³-hybridized carbons (Fsp3) is 0.385. The second-order valence-electron chi connectivity index (χ2n) is 3.78. The highest BCUT2D eigenvalue weighted by Crippen LogP contribution is 2.15. The second kappa shape index (κ2) is 3.37. The first-order chi connectivity index (χ1) is 6.33. The van der Waals surface area contributed by atoms with Crippen LogP contribution in [0.5, 0.6) is 0 Å². The summed E-state index contributed by atoms with van der Waals surface area (Å²) in [6, 6.07) is 8.80. The molecule has 0 fully saturated rings. The minimum atomic E-state index is 1.20. The molecule has 0 heteroatoms. The van der Waals surface area contributed by atoms with Crippen LogP contribution in [0.2, 0.25) is 0 Å². The lowest BCUT2D eigenvalue weighted by molar-refractivity contribution is 0.977. The Morgan fingerprint density at radius 3 is 2.46 bits per heavy atom. The van der Waals surface area contributed by atoms with Gasteiger partial charge in [0.25, 0.3) is 0 Å². The third-order valence-corrected chi connectivity index (χ3v) is 3.00. The van der Waals surface area contributed by atoms with Crippen LogP contribution >= 0.6 is 0 Å². The molecule has 0 atom stereocenters. The van der Waals surface area contributed by atoms with Crippen LogP contribution in [0, 0.1) is 0 Å². The largest absolute Gasteiger partial charge is 0.0652 e. The molecular weight excluding hydrogens is 156 g/mol. The summed E-state index contributed by atoms with van der Waals surface area (Å²) >= 11 is 0. The van der Waals surface area contributed by atoms with Gasteiger partial charge in [-0.15, -0.1) is 0 Å². The lowest BCUT2D eigenvalue weighted by atomic mass is 9.93. The summed E-state index contributed by atoms with van der Waals surface area (Å²) in [5.41, 5.74) is 3.18. The quantitative estimate of drug-likeness (QED) is 0.609. The van der Waals surface area contributed by atoms with E-state index >= 15 is 0 Å². The van der Waals surface area contributed by atoms with Crippen molar-refractivity contribution in [3.05, 3.63) is 34.7 Å². The maximum atomic E-state index is 2.26. The van der Waals surface area contributed by atoms with Gasteiger partial charge in [0.1, 0.15) is 0 Å². The van der Waals surface area contributed by atoms with Gasteiger partial charge >= 0.3 is 0 Å². The van der Waals surface area contributed by atoms with Crippen LogP contribution in [-0.4, -0.2) is 0 Å². The van der Waals surface area contributed by atoms with Gasteiger partial charge in [0.15, 0.2) is 0 Å². The Bertz CT molecular complexity index is 424. The zero-order valence-electron chi connectivity index (χ0n) is 8.43. The van der Waals surface area contributed by atoms with Crippen molar-refractivity contribution in [1.29, 1.82) is 0 Å². The lowest BCUT2D eigenvalue weighted by Crippen LogP contribution is -2.31. The molecule has 0 radical (unpaired) electrons. The summed E-state index contributed by atoms with van der Waals surface area (Å²) in [4.78, 5) is 0. The Labute approximate surface area is 79.6 Å². The van der Waals surface area contributed by atoms with Crippen molar-refractivity contribution < 1.29 is 0 Å². The fourth-order valence-corrected chi connectivity index (χ4v) is 2.14. The average Bonchev–Trinajstić information content (AvgIpc) is 2.19. The fourth-order valence-electron chi connectivity index (χ4n) is 2.14. The number of benzene rings is 1. The van der Waals surface area contributed by atoms with Crippen molar-refractivity contribution in [3.8, 4) is 0 Å². The first kappa shape index (κ1) is 8.55. The van der Waals surface area contributed by atoms with Crippen LogP contribution in [0.1, 0.15) is 33.1 Å². The Hall–Kier alpha value is -1.04. The Morgan fingerprint density at radius 1 is 1.08 bits per heavy atom. The topological polar surface area (TPSA) is 0 Å². The molecular formula is C13H16. The molecule has 0 nitrogen and oxygen atoms in total. The van der Waals surface area contributed by atoms with Gasteiger partial charge < -0.3 is 0 Å². The van der Waals surface area contributed by atoms with E-state index in [2.05, 4.69) is 38.1 Å². The first-order valence-electron chi connectivity index (χ1n) is 5.10. The van der Waals surface area contributed by atoms with Crippen molar-refractivity contribution in [2.24, 2.45) is 0 Å². The van der Waals surface area contributed by atoms with Crippen molar-refractivity contribution in [2.75, 3.05) is 0 Å². The zero-order valence-corrected chi connectivity index (χ0v) is 8.43. The summed E-state index contributed by atoms with van der Waals surface area (Å²) in [7, 11) is 0. The summed E-state index contributed by atoms with van der Waals surface area (Å²) in [5, 5.41) is 2.97. The van der Waals surface area contributed by atoms with E-state index in [0.29, 0.717) is 0 Å². The molecule has 1 aliphatic rings. The molecule has 13 heavy (non-hydrogen) atoms. The van der Waals surface area contributed by atoms with E-state index in [1.807, 2.05) is 0 Å². The van der Waals surface area contributed by atoms with Gasteiger partial charge in [0.2, 0.25) is 0 Å². The van der Waals surface area contributed by atoms with E-state index in [0.717, 1.165) is 0 Å². The van der Waals surface area contributed by atoms with Gasteiger partial charge in [-0.25, -0.2) is 0 Å². The standard InChI is InChI=1S/C13H16/c1-3-11-9-8-10(2)12-6-4-5-7-13(11)12/h4-7H,3,8-9H2,1-2H3. The molecule has 1 aromatic rings. The maximum absolute atomic E-state index is 2.26. The van der Waals surface area contributed by atoms with Crippen molar-refractivity contribution in [2.45, 2.75) is 33.1 Å². The van der Waals surface area contributed by atoms with Crippen LogP contribution in [0.3, 0.4) is 0 Å². The van der Waals surface area contributed by atoms with Crippen molar-refractivity contribution in [3.63, 3.8) is 0 Å². The third kappa shape index (κ3) is 1.41. The van der Waals surface area contributed by atoms with E-state index in [1.165, 1.54) is 29.7 Å². The third-order valence-electron chi connectivity index (χ3n) is 3.00. The molecule has 0 aliphatic heterocycles. The smallest absolute Gasteiger partial charge is 0.0193 e. The van der Waals surface area contributed by atoms with E-state index in [-0.39, 0.29) is 0 Å². The van der Waals surface area contributed by atoms with Gasteiger partial charge in [0, 0.05) is 0 Å². The Morgan fingerprint density at radius 2 is 1.77 bits per heavy atom. The van der Waals surface area contributed by atoms with Gasteiger partial charge in [-0.05, 0) is 36.6 Å². The minimum absolute atomic E-state index is 1.20. The molecule has 0 saturated heterocycles. The predicted molar refractivity (Wildman–Crippen MR) is 57.7 cm³/mol. The summed E-state index contributed by atoms with van der Waals surface area (Å²) < 4.78 is 0. The highest BCUT2D eigenvalue weighted by Gasteiger charge is 2.05. The molecule has 1 aliphatic carbocycles. The molecule has 1 aromatic carbocycles. The van der Waals surface area contributed by atoms with Crippen LogP contribution in [0.15, 0.2) is 24.3 Å². The zero-order chi connectivity index (χ0) is 9.26. The molecule has 0 aromatic heterocycles. The van der Waals surface area contributed by atoms with Crippen molar-refractivity contribution >= 4 is 11.1 Å². The van der Waals surface area contributed by atoms with E-state index in [4.69, 9.17) is 0 Å². The van der Waals surface area contributed by atoms with E-state index < -0.39 is 0 Å². The average molecular weight is 172 g/mol. The SMILES string of the molecule is CCC1=c2ccccc2=C(C)CC1. The molecule has 0 amide bonds. The monoisotopic (exact) mass is 172 g/mol. The molecule has 0 heterocycles. The summed E-state index contributed by atoms with van der Waals surface area (Å²) in [5.74, 6) is 0. The molecule has 0 bridgehead atoms. The minimum Gasteiger partial charge on any atom is -0.0652 e. The summed E-state index contributed by atoms with van der Waals surface area (Å²) in [6.45, 7) is 4.51. The summed E-state index contributed by atoms with van der Waals surface area (Å²) in [6.07, 6.45) is 3.71. The predicted octanol–water partition coefficient (Wildman–Crippen LogP) is 2.21. The maximum Gasteiger partial charge on any atom is -0.0193 e. The molecule has 0 spiro atoms. The molecule has 0 unspecified atom stereocenters. The van der Waals surface area contributed by atoms with Crippen molar-refractivity contribution in [1.82, 2.24) is 0 Å². The first-order valence-corrected chi connectivity index (χ1v) is 5.10. The van der Waals surface area contributed by atoms with Gasteiger partial charge in [-0.3, -0.25) is 0 Å². The van der Waals surface area contributed by atoms with Gasteiger partial charge in [-0.1, -0.05) is 42.3 Å². The van der Waals surface area contributed by atoms with Crippen LogP contribution < -0.4 is 10.4 Å². The van der Waals surface area contributed by atoms with Crippen LogP contribution in [0.4, 0.5) is 0 Å².